The van der Waals surface area contributed by atoms with Gasteiger partial charge in [0.25, 0.3) is 0 Å². The normalized spacial score (nSPS) is 12.6. The summed E-state index contributed by atoms with van der Waals surface area (Å²) in [6.07, 6.45) is -0.536. The van der Waals surface area contributed by atoms with E-state index in [2.05, 4.69) is 6.92 Å². The van der Waals surface area contributed by atoms with E-state index < -0.39 is 42.7 Å². The Bertz CT molecular complexity index is 912. The maximum Gasteiger partial charge on any atom is 0.513 e. The number of unbranched alkanes of at least 4 members (excludes halogenated alkanes) is 3. The molecule has 1 aromatic rings. The predicted molar refractivity (Wildman–Crippen MR) is 142 cm³/mol. The van der Waals surface area contributed by atoms with Crippen molar-refractivity contribution in [3.63, 3.8) is 0 Å². The first kappa shape index (κ1) is 35.8. The van der Waals surface area contributed by atoms with Gasteiger partial charge in [0.05, 0.1) is 19.8 Å². The molecule has 0 radical (unpaired) electrons. The predicted octanol–water partition coefficient (Wildman–Crippen LogP) is 5.10. The number of carbonyl (C=O) groups is 4. The van der Waals surface area contributed by atoms with E-state index in [1.54, 1.807) is 27.7 Å². The lowest BCUT2D eigenvalue weighted by atomic mass is 10.1. The summed E-state index contributed by atoms with van der Waals surface area (Å²) in [5, 5.41) is 0. The number of ether oxygens (including phenoxy) is 7. The van der Waals surface area contributed by atoms with E-state index in [-0.39, 0.29) is 50.1 Å². The zero-order valence-corrected chi connectivity index (χ0v) is 23.9. The maximum atomic E-state index is 12.5. The molecule has 1 unspecified atom stereocenters. The third-order valence-corrected chi connectivity index (χ3v) is 5.14. The molecule has 0 bridgehead atoms. The van der Waals surface area contributed by atoms with Crippen LogP contribution in [0.2, 0.25) is 0 Å². The van der Waals surface area contributed by atoms with Gasteiger partial charge in [-0.15, -0.1) is 12.4 Å². The molecule has 2 N–H and O–H groups in total. The highest BCUT2D eigenvalue weighted by Crippen LogP contribution is 2.30. The molecule has 0 aliphatic heterocycles. The molecule has 0 fully saturated rings. The third-order valence-electron chi connectivity index (χ3n) is 5.14. The SMILES string of the molecule is CCCCCCOC(=O)OC(C)[C@@H](C)OC(=O)[C@@H](N)Cc1ccc(OC(=O)OCC)c(OC(=O)OCC)c1.Cl. The van der Waals surface area contributed by atoms with Crippen molar-refractivity contribution in [1.82, 2.24) is 0 Å². The number of carbonyl (C=O) groups excluding carboxylic acids is 4. The largest absolute Gasteiger partial charge is 0.513 e. The highest BCUT2D eigenvalue weighted by Gasteiger charge is 2.25. The quantitative estimate of drug-likeness (QED) is 0.127. The summed E-state index contributed by atoms with van der Waals surface area (Å²) < 4.78 is 35.2. The first-order valence-electron chi connectivity index (χ1n) is 12.7. The molecule has 0 amide bonds. The summed E-state index contributed by atoms with van der Waals surface area (Å²) in [5.74, 6) is -0.952. The van der Waals surface area contributed by atoms with Crippen molar-refractivity contribution in [3.05, 3.63) is 23.8 Å². The van der Waals surface area contributed by atoms with Gasteiger partial charge in [0, 0.05) is 0 Å². The monoisotopic (exact) mass is 577 g/mol. The summed E-state index contributed by atoms with van der Waals surface area (Å²) in [5.41, 5.74) is 6.50. The first-order chi connectivity index (χ1) is 18.1. The Morgan fingerprint density at radius 3 is 1.95 bits per heavy atom. The van der Waals surface area contributed by atoms with Gasteiger partial charge in [-0.25, -0.2) is 14.4 Å². The number of nitrogens with two attached hydrogens (primary N) is 1. The Morgan fingerprint density at radius 1 is 0.769 bits per heavy atom. The molecule has 1 rings (SSSR count). The van der Waals surface area contributed by atoms with Crippen LogP contribution in [0.25, 0.3) is 0 Å². The van der Waals surface area contributed by atoms with Crippen molar-refractivity contribution in [2.24, 2.45) is 5.73 Å². The van der Waals surface area contributed by atoms with Crippen LogP contribution in [0.1, 0.15) is 65.9 Å². The molecule has 0 aliphatic carbocycles. The molecule has 0 heterocycles. The topological polar surface area (TPSA) is 159 Å². The van der Waals surface area contributed by atoms with Crippen molar-refractivity contribution in [1.29, 1.82) is 0 Å². The fourth-order valence-corrected chi connectivity index (χ4v) is 2.99. The Kier molecular flexibility index (Phi) is 18.1. The lowest BCUT2D eigenvalue weighted by Gasteiger charge is -2.22. The van der Waals surface area contributed by atoms with E-state index in [9.17, 15) is 19.2 Å². The number of rotatable bonds is 15. The molecule has 222 valence electrons. The van der Waals surface area contributed by atoms with Crippen LogP contribution in [0.3, 0.4) is 0 Å². The van der Waals surface area contributed by atoms with Crippen molar-refractivity contribution < 1.29 is 52.3 Å². The number of benzene rings is 1. The zero-order valence-electron chi connectivity index (χ0n) is 23.1. The van der Waals surface area contributed by atoms with Crippen LogP contribution in [0.5, 0.6) is 11.5 Å². The van der Waals surface area contributed by atoms with E-state index in [0.717, 1.165) is 25.7 Å². The Labute approximate surface area is 235 Å². The first-order valence-corrected chi connectivity index (χ1v) is 12.7. The van der Waals surface area contributed by atoms with Crippen LogP contribution in [-0.2, 0) is 34.9 Å². The van der Waals surface area contributed by atoms with Crippen molar-refractivity contribution in [2.75, 3.05) is 19.8 Å². The molecular weight excluding hydrogens is 538 g/mol. The van der Waals surface area contributed by atoms with E-state index in [1.165, 1.54) is 18.2 Å². The lowest BCUT2D eigenvalue weighted by Crippen LogP contribution is -2.39. The molecule has 3 atom stereocenters. The minimum atomic E-state index is -1.09. The van der Waals surface area contributed by atoms with E-state index in [0.29, 0.717) is 5.56 Å². The van der Waals surface area contributed by atoms with Crippen LogP contribution in [0, 0.1) is 0 Å². The molecule has 0 aliphatic rings. The van der Waals surface area contributed by atoms with Gasteiger partial charge in [-0.2, -0.15) is 0 Å². The van der Waals surface area contributed by atoms with Gasteiger partial charge in [-0.3, -0.25) is 4.79 Å². The van der Waals surface area contributed by atoms with Gasteiger partial charge in [0.2, 0.25) is 0 Å². The summed E-state index contributed by atoms with van der Waals surface area (Å²) >= 11 is 0. The van der Waals surface area contributed by atoms with E-state index >= 15 is 0 Å². The smallest absolute Gasteiger partial charge is 0.458 e. The molecular formula is C26H40ClNO11. The van der Waals surface area contributed by atoms with Crippen LogP contribution < -0.4 is 15.2 Å². The fourth-order valence-electron chi connectivity index (χ4n) is 2.99. The minimum absolute atomic E-state index is 0. The van der Waals surface area contributed by atoms with Crippen LogP contribution in [0.4, 0.5) is 14.4 Å². The summed E-state index contributed by atoms with van der Waals surface area (Å²) in [6, 6.07) is 3.18. The van der Waals surface area contributed by atoms with Crippen LogP contribution in [-0.4, -0.2) is 62.5 Å². The second-order valence-corrected chi connectivity index (χ2v) is 8.29. The number of hydrogen-bond donors (Lipinski definition) is 1. The summed E-state index contributed by atoms with van der Waals surface area (Å²) in [7, 11) is 0. The van der Waals surface area contributed by atoms with Gasteiger partial charge < -0.3 is 38.9 Å². The molecule has 1 aromatic carbocycles. The third kappa shape index (κ3) is 14.5. The zero-order chi connectivity index (χ0) is 28.5. The van der Waals surface area contributed by atoms with Gasteiger partial charge >= 0.3 is 24.4 Å². The van der Waals surface area contributed by atoms with E-state index in [4.69, 9.17) is 38.9 Å². The molecule has 0 saturated heterocycles. The van der Waals surface area contributed by atoms with Crippen molar-refractivity contribution in [2.45, 2.75) is 85.0 Å². The molecule has 13 heteroatoms. The molecule has 12 nitrogen and oxygen atoms in total. The average Bonchev–Trinajstić information content (AvgIpc) is 2.85. The summed E-state index contributed by atoms with van der Waals surface area (Å²) in [4.78, 5) is 47.9. The van der Waals surface area contributed by atoms with Gasteiger partial charge in [0.1, 0.15) is 18.2 Å². The maximum absolute atomic E-state index is 12.5. The average molecular weight is 578 g/mol. The van der Waals surface area contributed by atoms with E-state index in [1.807, 2.05) is 0 Å². The molecule has 0 saturated carbocycles. The number of hydrogen-bond acceptors (Lipinski definition) is 12. The van der Waals surface area contributed by atoms with Gasteiger partial charge in [-0.1, -0.05) is 32.3 Å². The van der Waals surface area contributed by atoms with Crippen LogP contribution in [0.15, 0.2) is 18.2 Å². The number of halogens is 1. The standard InChI is InChI=1S/C26H39NO11.ClH/c1-6-9-10-11-14-34-26(31)36-18(5)17(4)35-23(28)20(27)15-19-12-13-21(37-24(29)32-7-2)22(16-19)38-25(30)33-8-3;/h12-13,16-18,20H,6-11,14-15,27H2,1-5H3;1H/t17-,18?,20+;/m1./s1. The second kappa shape index (κ2) is 19.8. The van der Waals surface area contributed by atoms with Gasteiger partial charge in [0.15, 0.2) is 11.5 Å². The Hall–Kier alpha value is -3.25. The molecule has 39 heavy (non-hydrogen) atoms. The van der Waals surface area contributed by atoms with Crippen LogP contribution >= 0.6 is 12.4 Å². The van der Waals surface area contributed by atoms with Crippen molar-refractivity contribution in [3.8, 4) is 11.5 Å². The Morgan fingerprint density at radius 2 is 1.36 bits per heavy atom. The Balaban J connectivity index is 0.0000144. The lowest BCUT2D eigenvalue weighted by molar-refractivity contribution is -0.155. The number of esters is 1. The second-order valence-electron chi connectivity index (χ2n) is 8.29. The van der Waals surface area contributed by atoms with Gasteiger partial charge in [-0.05, 0) is 58.2 Å². The van der Waals surface area contributed by atoms with Crippen molar-refractivity contribution >= 4 is 36.8 Å². The highest BCUT2D eigenvalue weighted by atomic mass is 35.5. The highest BCUT2D eigenvalue weighted by molar-refractivity contribution is 5.85. The fraction of sp³-hybridized carbons (Fsp3) is 0.615. The minimum Gasteiger partial charge on any atom is -0.458 e. The molecule has 0 aromatic heterocycles. The summed E-state index contributed by atoms with van der Waals surface area (Å²) in [6.45, 7) is 8.85. The molecule has 0 spiro atoms.